The zero-order valence-electron chi connectivity index (χ0n) is 19.6. The molecule has 1 spiro atoms. The van der Waals surface area contributed by atoms with Gasteiger partial charge in [0.25, 0.3) is 0 Å². The summed E-state index contributed by atoms with van der Waals surface area (Å²) in [5.74, 6) is -6.23. The zero-order chi connectivity index (χ0) is 27.1. The van der Waals surface area contributed by atoms with Crippen molar-refractivity contribution in [2.45, 2.75) is 24.8 Å². The summed E-state index contributed by atoms with van der Waals surface area (Å²) in [5.41, 5.74) is -2.88. The van der Waals surface area contributed by atoms with Crippen molar-refractivity contribution in [1.29, 1.82) is 0 Å². The third kappa shape index (κ3) is 3.18. The number of aryl methyl sites for hydroxylation is 1. The first-order valence-electron chi connectivity index (χ1n) is 11.6. The molecule has 0 N–H and O–H groups in total. The molecule has 1 aliphatic carbocycles. The highest BCUT2D eigenvalue weighted by Gasteiger charge is 2.74. The van der Waals surface area contributed by atoms with Gasteiger partial charge in [0, 0.05) is 16.1 Å². The van der Waals surface area contributed by atoms with Crippen molar-refractivity contribution >= 4 is 40.7 Å². The Balaban J connectivity index is 1.54. The summed E-state index contributed by atoms with van der Waals surface area (Å²) in [4.78, 5) is 56.0. The van der Waals surface area contributed by atoms with Gasteiger partial charge in [0.1, 0.15) is 0 Å². The predicted octanol–water partition coefficient (Wildman–Crippen LogP) is 5.36. The van der Waals surface area contributed by atoms with Gasteiger partial charge in [-0.1, -0.05) is 54.1 Å². The molecule has 0 bridgehead atoms. The number of ketones is 2. The molecule has 0 radical (unpaired) electrons. The minimum Gasteiger partial charge on any atom is -0.349 e. The van der Waals surface area contributed by atoms with Gasteiger partial charge in [0.05, 0.1) is 29.2 Å². The second-order valence-electron chi connectivity index (χ2n) is 9.54. The molecule has 2 aliphatic heterocycles. The molecule has 3 aromatic carbocycles. The number of benzene rings is 3. The van der Waals surface area contributed by atoms with E-state index in [2.05, 4.69) is 0 Å². The molecule has 2 fully saturated rings. The van der Waals surface area contributed by atoms with Crippen LogP contribution in [0.1, 0.15) is 43.5 Å². The van der Waals surface area contributed by atoms with Gasteiger partial charge < -0.3 is 4.74 Å². The molecule has 6 nitrogen and oxygen atoms in total. The van der Waals surface area contributed by atoms with Crippen LogP contribution in [0, 0.1) is 18.8 Å². The number of hydrogen-bond donors (Lipinski definition) is 0. The standard InChI is InChI=1S/C28H17ClF3NO5/c1-13-6-9-15(28(30,31)32)12-19(13)33-25(36)20-21(26(33)37)27(38-22(20)14-7-10-16(29)11-8-14)23(34)17-4-2-3-5-18(17)24(27)35/h2-12,20-22H,1H3/t20-,21+,22-/m0/s1. The second kappa shape index (κ2) is 8.09. The highest BCUT2D eigenvalue weighted by molar-refractivity contribution is 6.37. The summed E-state index contributed by atoms with van der Waals surface area (Å²) < 4.78 is 46.7. The normalized spacial score (nSPS) is 23.9. The third-order valence-corrected chi connectivity index (χ3v) is 7.75. The number of hydrogen-bond acceptors (Lipinski definition) is 5. The molecular formula is C28H17ClF3NO5. The number of amides is 2. The Morgan fingerprint density at radius 1 is 0.868 bits per heavy atom. The van der Waals surface area contributed by atoms with E-state index in [-0.39, 0.29) is 22.4 Å². The van der Waals surface area contributed by atoms with Crippen molar-refractivity contribution in [1.82, 2.24) is 0 Å². The van der Waals surface area contributed by atoms with Crippen LogP contribution in [0.25, 0.3) is 0 Å². The summed E-state index contributed by atoms with van der Waals surface area (Å²) in [6, 6.07) is 14.9. The van der Waals surface area contributed by atoms with E-state index in [1.807, 2.05) is 0 Å². The van der Waals surface area contributed by atoms with E-state index in [0.29, 0.717) is 15.5 Å². The number of Topliss-reactive ketones (excluding diaryl/α,β-unsaturated/α-hetero) is 2. The van der Waals surface area contributed by atoms with Crippen LogP contribution in [0.3, 0.4) is 0 Å². The van der Waals surface area contributed by atoms with Crippen molar-refractivity contribution in [3.8, 4) is 0 Å². The van der Waals surface area contributed by atoms with Crippen LogP contribution in [0.2, 0.25) is 5.02 Å². The first-order valence-corrected chi connectivity index (χ1v) is 12.0. The first kappa shape index (κ1) is 24.5. The van der Waals surface area contributed by atoms with Gasteiger partial charge in [0.15, 0.2) is 0 Å². The lowest BCUT2D eigenvalue weighted by atomic mass is 9.77. The predicted molar refractivity (Wildman–Crippen MR) is 129 cm³/mol. The minimum atomic E-state index is -4.72. The SMILES string of the molecule is Cc1ccc(C(F)(F)F)cc1N1C(=O)[C@@H]2[C@H](c3ccc(Cl)cc3)OC3(C(=O)c4ccccc4C3=O)[C@H]2C1=O. The average molecular weight is 540 g/mol. The maximum atomic E-state index is 14.0. The first-order chi connectivity index (χ1) is 18.0. The summed E-state index contributed by atoms with van der Waals surface area (Å²) in [5, 5.41) is 0.383. The number of carbonyl (C=O) groups excluding carboxylic acids is 4. The second-order valence-corrected chi connectivity index (χ2v) is 9.98. The molecule has 192 valence electrons. The number of nitrogens with zero attached hydrogens (tertiary/aromatic N) is 1. The molecule has 38 heavy (non-hydrogen) atoms. The highest BCUT2D eigenvalue weighted by atomic mass is 35.5. The fraction of sp³-hybridized carbons (Fsp3) is 0.214. The van der Waals surface area contributed by atoms with Crippen molar-refractivity contribution in [2.24, 2.45) is 11.8 Å². The number of fused-ring (bicyclic) bond motifs is 3. The zero-order valence-corrected chi connectivity index (χ0v) is 20.3. The maximum absolute atomic E-state index is 14.0. The number of rotatable bonds is 2. The van der Waals surface area contributed by atoms with Gasteiger partial charge >= 0.3 is 6.18 Å². The Bertz CT molecular complexity index is 1530. The molecular weight excluding hydrogens is 523 g/mol. The average Bonchev–Trinajstić information content (AvgIpc) is 3.44. The van der Waals surface area contributed by atoms with Gasteiger partial charge in [0.2, 0.25) is 29.0 Å². The Morgan fingerprint density at radius 2 is 1.47 bits per heavy atom. The third-order valence-electron chi connectivity index (χ3n) is 7.49. The summed E-state index contributed by atoms with van der Waals surface area (Å²) in [6.07, 6.45) is -5.92. The number of anilines is 1. The Morgan fingerprint density at radius 3 is 2.05 bits per heavy atom. The minimum absolute atomic E-state index is 0.0574. The smallest absolute Gasteiger partial charge is 0.349 e. The lowest BCUT2D eigenvalue weighted by Gasteiger charge is -2.28. The molecule has 2 heterocycles. The van der Waals surface area contributed by atoms with Gasteiger partial charge in [-0.25, -0.2) is 4.90 Å². The molecule has 3 aliphatic rings. The molecule has 0 aromatic heterocycles. The van der Waals surface area contributed by atoms with Crippen molar-refractivity contribution in [2.75, 3.05) is 4.90 Å². The lowest BCUT2D eigenvalue weighted by Crippen LogP contribution is -2.51. The molecule has 3 aromatic rings. The molecule has 10 heteroatoms. The summed E-state index contributed by atoms with van der Waals surface area (Å²) in [7, 11) is 0. The molecule has 6 rings (SSSR count). The number of halogens is 4. The number of carbonyl (C=O) groups is 4. The van der Waals surface area contributed by atoms with E-state index in [1.165, 1.54) is 31.2 Å². The highest BCUT2D eigenvalue weighted by Crippen LogP contribution is 2.58. The van der Waals surface area contributed by atoms with E-state index >= 15 is 0 Å². The number of ether oxygens (including phenoxy) is 1. The maximum Gasteiger partial charge on any atom is 0.416 e. The van der Waals surface area contributed by atoms with Crippen LogP contribution >= 0.6 is 11.6 Å². The lowest BCUT2D eigenvalue weighted by molar-refractivity contribution is -0.137. The van der Waals surface area contributed by atoms with E-state index in [9.17, 15) is 32.3 Å². The van der Waals surface area contributed by atoms with E-state index in [4.69, 9.17) is 16.3 Å². The van der Waals surface area contributed by atoms with Gasteiger partial charge in [-0.3, -0.25) is 19.2 Å². The molecule has 3 atom stereocenters. The Labute approximate surface area is 218 Å². The number of alkyl halides is 3. The summed E-state index contributed by atoms with van der Waals surface area (Å²) in [6.45, 7) is 1.47. The van der Waals surface area contributed by atoms with Gasteiger partial charge in [-0.2, -0.15) is 13.2 Å². The van der Waals surface area contributed by atoms with Gasteiger partial charge in [-0.05, 0) is 42.3 Å². The van der Waals surface area contributed by atoms with Crippen molar-refractivity contribution in [3.63, 3.8) is 0 Å². The summed E-state index contributed by atoms with van der Waals surface area (Å²) >= 11 is 6.01. The van der Waals surface area contributed by atoms with Crippen LogP contribution < -0.4 is 4.90 Å². The fourth-order valence-electron chi connectivity index (χ4n) is 5.73. The monoisotopic (exact) mass is 539 g/mol. The van der Waals surface area contributed by atoms with Gasteiger partial charge in [-0.15, -0.1) is 0 Å². The fourth-order valence-corrected chi connectivity index (χ4v) is 5.86. The Kier molecular flexibility index (Phi) is 5.22. The Hall–Kier alpha value is -3.82. The molecule has 0 saturated carbocycles. The van der Waals surface area contributed by atoms with E-state index in [1.54, 1.807) is 24.3 Å². The quantitative estimate of drug-likeness (QED) is 0.323. The van der Waals surface area contributed by atoms with Crippen LogP contribution in [0.15, 0.2) is 66.7 Å². The molecule has 2 amide bonds. The van der Waals surface area contributed by atoms with Crippen molar-refractivity contribution < 1.29 is 37.1 Å². The van der Waals surface area contributed by atoms with Crippen LogP contribution in [-0.4, -0.2) is 29.0 Å². The molecule has 2 saturated heterocycles. The van der Waals surface area contributed by atoms with E-state index in [0.717, 1.165) is 18.2 Å². The molecule has 0 unspecified atom stereocenters. The van der Waals surface area contributed by atoms with Crippen LogP contribution in [-0.2, 0) is 20.5 Å². The van der Waals surface area contributed by atoms with Crippen LogP contribution in [0.5, 0.6) is 0 Å². The largest absolute Gasteiger partial charge is 0.416 e. The topological polar surface area (TPSA) is 80.8 Å². The van der Waals surface area contributed by atoms with Crippen molar-refractivity contribution in [3.05, 3.63) is 99.6 Å². The van der Waals surface area contributed by atoms with E-state index < -0.39 is 58.7 Å². The number of imide groups is 1. The van der Waals surface area contributed by atoms with Crippen LogP contribution in [0.4, 0.5) is 18.9 Å².